The Bertz CT molecular complexity index is 1790. The summed E-state index contributed by atoms with van der Waals surface area (Å²) in [6, 6.07) is 31.9. The van der Waals surface area contributed by atoms with Crippen LogP contribution in [-0.4, -0.2) is 15.9 Å². The fraction of sp³-hybridized carbons (Fsp3) is 0.0333. The SMILES string of the molecule is O=c1c2ccccc2nc(-c2cc3ccccc3o2)n1N=Cc1ccc(OCc2ccccc2)c(Cl)c1. The summed E-state index contributed by atoms with van der Waals surface area (Å²) in [6.45, 7) is 0.410. The third kappa shape index (κ3) is 4.62. The van der Waals surface area contributed by atoms with Gasteiger partial charge in [0.2, 0.25) is 5.82 Å². The van der Waals surface area contributed by atoms with Crippen LogP contribution in [0.25, 0.3) is 33.5 Å². The van der Waals surface area contributed by atoms with Crippen LogP contribution in [0.5, 0.6) is 5.75 Å². The first-order valence-corrected chi connectivity index (χ1v) is 12.0. The van der Waals surface area contributed by atoms with E-state index in [1.807, 2.05) is 72.8 Å². The molecule has 7 heteroatoms. The van der Waals surface area contributed by atoms with Crippen LogP contribution in [0.1, 0.15) is 11.1 Å². The molecule has 2 aromatic heterocycles. The highest BCUT2D eigenvalue weighted by atomic mass is 35.5. The molecule has 0 unspecified atom stereocenters. The number of aromatic nitrogens is 2. The molecule has 4 aromatic carbocycles. The molecule has 37 heavy (non-hydrogen) atoms. The van der Waals surface area contributed by atoms with Crippen LogP contribution in [0.2, 0.25) is 5.02 Å². The number of benzene rings is 4. The number of furan rings is 1. The van der Waals surface area contributed by atoms with Crippen molar-refractivity contribution < 1.29 is 9.15 Å². The molecule has 6 aromatic rings. The number of halogens is 1. The lowest BCUT2D eigenvalue weighted by Crippen LogP contribution is -2.20. The van der Waals surface area contributed by atoms with E-state index >= 15 is 0 Å². The Hall–Kier alpha value is -4.68. The second kappa shape index (κ2) is 9.76. The third-order valence-electron chi connectivity index (χ3n) is 5.92. The quantitative estimate of drug-likeness (QED) is 0.230. The number of nitrogens with zero attached hydrogens (tertiary/aromatic N) is 3. The molecule has 0 saturated heterocycles. The van der Waals surface area contributed by atoms with Crippen LogP contribution in [0.3, 0.4) is 0 Å². The molecule has 0 spiro atoms. The van der Waals surface area contributed by atoms with E-state index in [1.165, 1.54) is 4.68 Å². The second-order valence-corrected chi connectivity index (χ2v) is 8.83. The maximum atomic E-state index is 13.4. The van der Waals surface area contributed by atoms with Crippen molar-refractivity contribution in [2.24, 2.45) is 5.10 Å². The summed E-state index contributed by atoms with van der Waals surface area (Å²) < 4.78 is 13.1. The molecule has 0 aliphatic heterocycles. The predicted molar refractivity (Wildman–Crippen MR) is 146 cm³/mol. The lowest BCUT2D eigenvalue weighted by molar-refractivity contribution is 0.306. The first-order chi connectivity index (χ1) is 18.2. The number of ether oxygens (including phenoxy) is 1. The highest BCUT2D eigenvalue weighted by Crippen LogP contribution is 2.28. The van der Waals surface area contributed by atoms with E-state index in [-0.39, 0.29) is 5.56 Å². The van der Waals surface area contributed by atoms with Gasteiger partial charge in [-0.3, -0.25) is 4.79 Å². The van der Waals surface area contributed by atoms with E-state index in [0.29, 0.717) is 51.0 Å². The van der Waals surface area contributed by atoms with Gasteiger partial charge in [0.25, 0.3) is 5.56 Å². The largest absolute Gasteiger partial charge is 0.487 e. The van der Waals surface area contributed by atoms with Crippen molar-refractivity contribution in [1.29, 1.82) is 0 Å². The molecule has 2 heterocycles. The number of para-hydroxylation sites is 2. The minimum Gasteiger partial charge on any atom is -0.487 e. The van der Waals surface area contributed by atoms with E-state index in [4.69, 9.17) is 25.7 Å². The normalized spacial score (nSPS) is 11.5. The Morgan fingerprint density at radius 2 is 1.70 bits per heavy atom. The van der Waals surface area contributed by atoms with Crippen LogP contribution in [0.15, 0.2) is 117 Å². The third-order valence-corrected chi connectivity index (χ3v) is 6.21. The lowest BCUT2D eigenvalue weighted by atomic mass is 10.2. The minimum absolute atomic E-state index is 0.300. The molecule has 6 nitrogen and oxygen atoms in total. The summed E-state index contributed by atoms with van der Waals surface area (Å²) in [5.74, 6) is 1.32. The number of hydrogen-bond acceptors (Lipinski definition) is 5. The molecule has 0 amide bonds. The first kappa shape index (κ1) is 22.8. The highest BCUT2D eigenvalue weighted by Gasteiger charge is 2.16. The van der Waals surface area contributed by atoms with Gasteiger partial charge >= 0.3 is 0 Å². The van der Waals surface area contributed by atoms with Crippen LogP contribution in [0, 0.1) is 0 Å². The van der Waals surface area contributed by atoms with Gasteiger partial charge in [0.1, 0.15) is 17.9 Å². The van der Waals surface area contributed by atoms with Gasteiger partial charge in [0, 0.05) is 5.39 Å². The number of hydrogen-bond donors (Lipinski definition) is 0. The molecule has 0 radical (unpaired) electrons. The molecule has 0 aliphatic rings. The zero-order chi connectivity index (χ0) is 25.2. The fourth-order valence-corrected chi connectivity index (χ4v) is 4.30. The van der Waals surface area contributed by atoms with Crippen molar-refractivity contribution in [1.82, 2.24) is 9.66 Å². The Morgan fingerprint density at radius 3 is 2.54 bits per heavy atom. The van der Waals surface area contributed by atoms with Crippen molar-refractivity contribution in [3.63, 3.8) is 0 Å². The minimum atomic E-state index is -0.300. The average Bonchev–Trinajstić information content (AvgIpc) is 3.37. The van der Waals surface area contributed by atoms with Crippen molar-refractivity contribution in [2.75, 3.05) is 0 Å². The second-order valence-electron chi connectivity index (χ2n) is 8.43. The summed E-state index contributed by atoms with van der Waals surface area (Å²) in [4.78, 5) is 18.1. The summed E-state index contributed by atoms with van der Waals surface area (Å²) in [7, 11) is 0. The van der Waals surface area contributed by atoms with Gasteiger partial charge in [-0.05, 0) is 53.6 Å². The zero-order valence-corrected chi connectivity index (χ0v) is 20.3. The Kier molecular flexibility index (Phi) is 6.00. The predicted octanol–water partition coefficient (Wildman–Crippen LogP) is 6.92. The van der Waals surface area contributed by atoms with Crippen molar-refractivity contribution in [2.45, 2.75) is 6.61 Å². The standard InChI is InChI=1S/C30H20ClN3O3/c31-24-16-21(14-15-27(24)36-19-20-8-2-1-3-9-20)18-32-34-29(28-17-22-10-4-7-13-26(22)37-28)33-25-12-6-5-11-23(25)30(34)35/h1-18H,19H2. The van der Waals surface area contributed by atoms with Crippen molar-refractivity contribution in [3.05, 3.63) is 130 Å². The molecular formula is C30H20ClN3O3. The van der Waals surface area contributed by atoms with Crippen molar-refractivity contribution in [3.8, 4) is 17.3 Å². The molecular weight excluding hydrogens is 486 g/mol. The molecule has 0 bridgehead atoms. The van der Waals surface area contributed by atoms with Crippen LogP contribution < -0.4 is 10.3 Å². The van der Waals surface area contributed by atoms with Crippen LogP contribution >= 0.6 is 11.6 Å². The van der Waals surface area contributed by atoms with Crippen molar-refractivity contribution >= 4 is 39.7 Å². The Morgan fingerprint density at radius 1 is 0.919 bits per heavy atom. The molecule has 0 aliphatic carbocycles. The van der Waals surface area contributed by atoms with Gasteiger partial charge in [-0.25, -0.2) is 4.98 Å². The molecule has 0 N–H and O–H groups in total. The zero-order valence-electron chi connectivity index (χ0n) is 19.5. The Labute approximate surface area is 217 Å². The average molecular weight is 506 g/mol. The first-order valence-electron chi connectivity index (χ1n) is 11.7. The monoisotopic (exact) mass is 505 g/mol. The lowest BCUT2D eigenvalue weighted by Gasteiger charge is -2.09. The smallest absolute Gasteiger partial charge is 0.282 e. The summed E-state index contributed by atoms with van der Waals surface area (Å²) in [5.41, 5.74) is 2.72. The molecule has 0 atom stereocenters. The molecule has 6 rings (SSSR count). The molecule has 0 fully saturated rings. The van der Waals surface area contributed by atoms with E-state index < -0.39 is 0 Å². The van der Waals surface area contributed by atoms with Gasteiger partial charge in [-0.15, -0.1) is 0 Å². The van der Waals surface area contributed by atoms with Crippen LogP contribution in [0.4, 0.5) is 0 Å². The fourth-order valence-electron chi connectivity index (χ4n) is 4.06. The molecule has 0 saturated carbocycles. The van der Waals surface area contributed by atoms with Gasteiger partial charge in [0.15, 0.2) is 5.76 Å². The Balaban J connectivity index is 1.36. The summed E-state index contributed by atoms with van der Waals surface area (Å²) in [6.07, 6.45) is 1.57. The van der Waals surface area contributed by atoms with Crippen LogP contribution in [-0.2, 0) is 6.61 Å². The topological polar surface area (TPSA) is 69.6 Å². The van der Waals surface area contributed by atoms with E-state index in [9.17, 15) is 4.79 Å². The van der Waals surface area contributed by atoms with Gasteiger partial charge in [0.05, 0.1) is 22.1 Å². The maximum Gasteiger partial charge on any atom is 0.282 e. The highest BCUT2D eigenvalue weighted by molar-refractivity contribution is 6.32. The number of rotatable bonds is 6. The summed E-state index contributed by atoms with van der Waals surface area (Å²) >= 11 is 6.48. The van der Waals surface area contributed by atoms with E-state index in [1.54, 1.807) is 36.5 Å². The van der Waals surface area contributed by atoms with E-state index in [2.05, 4.69) is 5.10 Å². The number of fused-ring (bicyclic) bond motifs is 2. The van der Waals surface area contributed by atoms with Gasteiger partial charge in [-0.2, -0.15) is 9.78 Å². The molecule has 180 valence electrons. The van der Waals surface area contributed by atoms with Gasteiger partial charge in [-0.1, -0.05) is 72.3 Å². The maximum absolute atomic E-state index is 13.4. The summed E-state index contributed by atoms with van der Waals surface area (Å²) in [5, 5.41) is 6.31. The van der Waals surface area contributed by atoms with Gasteiger partial charge < -0.3 is 9.15 Å². The van der Waals surface area contributed by atoms with E-state index in [0.717, 1.165) is 10.9 Å².